The van der Waals surface area contributed by atoms with Crippen molar-refractivity contribution >= 4 is 22.6 Å². The maximum absolute atomic E-state index is 10.7. The van der Waals surface area contributed by atoms with Gasteiger partial charge in [-0.25, -0.2) is 0 Å². The van der Waals surface area contributed by atoms with Crippen molar-refractivity contribution in [3.8, 4) is 0 Å². The summed E-state index contributed by atoms with van der Waals surface area (Å²) in [5, 5.41) is 10.0. The fourth-order valence-electron chi connectivity index (χ4n) is 2.68. The molecule has 0 aliphatic carbocycles. The molecule has 0 amide bonds. The fraction of sp³-hybridized carbons (Fsp3) is 0.357. The number of nitrogens with one attached hydrogen (secondary N) is 1. The van der Waals surface area contributed by atoms with Crippen LogP contribution in [0.5, 0.6) is 0 Å². The van der Waals surface area contributed by atoms with E-state index in [0.717, 1.165) is 31.7 Å². The van der Waals surface area contributed by atoms with E-state index in [-0.39, 0.29) is 6.54 Å². The molecule has 1 aromatic carbocycles. The summed E-state index contributed by atoms with van der Waals surface area (Å²) >= 11 is 0. The molecule has 1 aliphatic rings. The minimum atomic E-state index is -0.749. The molecule has 2 heterocycles. The Hall–Kier alpha value is -2.01. The Morgan fingerprint density at radius 2 is 2.00 bits per heavy atom. The standard InChI is InChI=1S/C14H17N3O2/c18-14(19)10-16-6-8-17(9-7-16)13-3-1-2-12-11(13)4-5-15-12/h1-5,15H,6-10H2,(H,18,19). The molecule has 0 bridgehead atoms. The Balaban J connectivity index is 1.75. The smallest absolute Gasteiger partial charge is 0.317 e. The number of hydrogen-bond acceptors (Lipinski definition) is 3. The molecular weight excluding hydrogens is 242 g/mol. The SMILES string of the molecule is O=C(O)CN1CCN(c2cccc3[nH]ccc23)CC1. The van der Waals surface area contributed by atoms with Gasteiger partial charge in [0.05, 0.1) is 6.54 Å². The number of rotatable bonds is 3. The Labute approximate surface area is 111 Å². The van der Waals surface area contributed by atoms with E-state index in [1.165, 1.54) is 11.1 Å². The lowest BCUT2D eigenvalue weighted by molar-refractivity contribution is -0.138. The van der Waals surface area contributed by atoms with E-state index < -0.39 is 5.97 Å². The van der Waals surface area contributed by atoms with Crippen LogP contribution >= 0.6 is 0 Å². The summed E-state index contributed by atoms with van der Waals surface area (Å²) in [6.45, 7) is 3.48. The summed E-state index contributed by atoms with van der Waals surface area (Å²) in [5.41, 5.74) is 2.37. The number of benzene rings is 1. The number of aromatic amines is 1. The minimum absolute atomic E-state index is 0.141. The highest BCUT2D eigenvalue weighted by Crippen LogP contribution is 2.26. The molecule has 2 N–H and O–H groups in total. The number of anilines is 1. The Kier molecular flexibility index (Phi) is 3.13. The summed E-state index contributed by atoms with van der Waals surface area (Å²) in [4.78, 5) is 18.2. The lowest BCUT2D eigenvalue weighted by atomic mass is 10.1. The summed E-state index contributed by atoms with van der Waals surface area (Å²) in [6.07, 6.45) is 1.95. The molecule has 0 saturated carbocycles. The molecule has 0 spiro atoms. The van der Waals surface area contributed by atoms with E-state index in [9.17, 15) is 4.79 Å². The molecule has 5 heteroatoms. The first-order chi connectivity index (χ1) is 9.24. The number of carboxylic acid groups (broad SMARTS) is 1. The Morgan fingerprint density at radius 3 is 2.74 bits per heavy atom. The van der Waals surface area contributed by atoms with Crippen LogP contribution in [0, 0.1) is 0 Å². The molecule has 1 saturated heterocycles. The molecule has 0 atom stereocenters. The number of carboxylic acids is 1. The number of nitrogens with zero attached hydrogens (tertiary/aromatic N) is 2. The topological polar surface area (TPSA) is 59.6 Å². The maximum atomic E-state index is 10.7. The monoisotopic (exact) mass is 259 g/mol. The largest absolute Gasteiger partial charge is 0.480 e. The van der Waals surface area contributed by atoms with Crippen molar-refractivity contribution in [2.45, 2.75) is 0 Å². The van der Waals surface area contributed by atoms with Crippen molar-refractivity contribution in [2.24, 2.45) is 0 Å². The second-order valence-corrected chi connectivity index (χ2v) is 4.87. The number of hydrogen-bond donors (Lipinski definition) is 2. The molecule has 2 aromatic rings. The van der Waals surface area contributed by atoms with Gasteiger partial charge in [0, 0.05) is 49.0 Å². The lowest BCUT2D eigenvalue weighted by Crippen LogP contribution is -2.48. The third-order valence-electron chi connectivity index (χ3n) is 3.64. The van der Waals surface area contributed by atoms with Gasteiger partial charge in [-0.05, 0) is 18.2 Å². The summed E-state index contributed by atoms with van der Waals surface area (Å²) < 4.78 is 0. The number of aliphatic carboxylic acids is 1. The van der Waals surface area contributed by atoms with Gasteiger partial charge in [0.25, 0.3) is 0 Å². The van der Waals surface area contributed by atoms with Crippen LogP contribution in [-0.4, -0.2) is 53.7 Å². The van der Waals surface area contributed by atoms with Crippen LogP contribution in [0.3, 0.4) is 0 Å². The van der Waals surface area contributed by atoms with Crippen molar-refractivity contribution in [1.82, 2.24) is 9.88 Å². The molecule has 5 nitrogen and oxygen atoms in total. The predicted molar refractivity (Wildman–Crippen MR) is 74.6 cm³/mol. The Bertz CT molecular complexity index is 585. The molecule has 1 aromatic heterocycles. The van der Waals surface area contributed by atoms with Crippen LogP contribution in [0.4, 0.5) is 5.69 Å². The molecule has 1 aliphatic heterocycles. The van der Waals surface area contributed by atoms with Gasteiger partial charge in [0.2, 0.25) is 0 Å². The van der Waals surface area contributed by atoms with Crippen molar-refractivity contribution in [1.29, 1.82) is 0 Å². The van der Waals surface area contributed by atoms with Gasteiger partial charge >= 0.3 is 5.97 Å². The van der Waals surface area contributed by atoms with Crippen molar-refractivity contribution < 1.29 is 9.90 Å². The number of carbonyl (C=O) groups is 1. The second-order valence-electron chi connectivity index (χ2n) is 4.87. The highest BCUT2D eigenvalue weighted by molar-refractivity contribution is 5.92. The van der Waals surface area contributed by atoms with E-state index >= 15 is 0 Å². The van der Waals surface area contributed by atoms with E-state index in [4.69, 9.17) is 5.11 Å². The molecular formula is C14H17N3O2. The van der Waals surface area contributed by atoms with Gasteiger partial charge in [-0.1, -0.05) is 6.07 Å². The van der Waals surface area contributed by atoms with Crippen molar-refractivity contribution in [2.75, 3.05) is 37.6 Å². The summed E-state index contributed by atoms with van der Waals surface area (Å²) in [7, 11) is 0. The minimum Gasteiger partial charge on any atom is -0.480 e. The zero-order valence-corrected chi connectivity index (χ0v) is 10.7. The van der Waals surface area contributed by atoms with Crippen LogP contribution in [0.15, 0.2) is 30.5 Å². The maximum Gasteiger partial charge on any atom is 0.317 e. The normalized spacial score (nSPS) is 16.9. The van der Waals surface area contributed by atoms with Crippen LogP contribution in [-0.2, 0) is 4.79 Å². The van der Waals surface area contributed by atoms with Gasteiger partial charge < -0.3 is 15.0 Å². The van der Waals surface area contributed by atoms with E-state index in [0.29, 0.717) is 0 Å². The molecule has 0 radical (unpaired) electrons. The molecule has 0 unspecified atom stereocenters. The van der Waals surface area contributed by atoms with Gasteiger partial charge in [-0.3, -0.25) is 9.69 Å². The van der Waals surface area contributed by atoms with E-state index in [1.54, 1.807) is 0 Å². The first kappa shape index (κ1) is 12.0. The Morgan fingerprint density at radius 1 is 1.21 bits per heavy atom. The van der Waals surface area contributed by atoms with Gasteiger partial charge in [0.15, 0.2) is 0 Å². The summed E-state index contributed by atoms with van der Waals surface area (Å²) in [5.74, 6) is -0.749. The highest BCUT2D eigenvalue weighted by Gasteiger charge is 2.20. The number of H-pyrrole nitrogens is 1. The quantitative estimate of drug-likeness (QED) is 0.874. The van der Waals surface area contributed by atoms with Crippen molar-refractivity contribution in [3.63, 3.8) is 0 Å². The fourth-order valence-corrected chi connectivity index (χ4v) is 2.68. The second kappa shape index (κ2) is 4.93. The zero-order chi connectivity index (χ0) is 13.2. The van der Waals surface area contributed by atoms with Gasteiger partial charge in [-0.15, -0.1) is 0 Å². The molecule has 100 valence electrons. The average Bonchev–Trinajstić information content (AvgIpc) is 2.87. The number of fused-ring (bicyclic) bond motifs is 1. The lowest BCUT2D eigenvalue weighted by Gasteiger charge is -2.35. The first-order valence-electron chi connectivity index (χ1n) is 6.49. The third kappa shape index (κ3) is 2.42. The predicted octanol–water partition coefficient (Wildman–Crippen LogP) is 1.37. The third-order valence-corrected chi connectivity index (χ3v) is 3.64. The van der Waals surface area contributed by atoms with Crippen molar-refractivity contribution in [3.05, 3.63) is 30.5 Å². The van der Waals surface area contributed by atoms with E-state index in [1.807, 2.05) is 11.1 Å². The number of aromatic nitrogens is 1. The highest BCUT2D eigenvalue weighted by atomic mass is 16.4. The average molecular weight is 259 g/mol. The van der Waals surface area contributed by atoms with Crippen LogP contribution in [0.1, 0.15) is 0 Å². The van der Waals surface area contributed by atoms with Crippen LogP contribution in [0.2, 0.25) is 0 Å². The van der Waals surface area contributed by atoms with Crippen LogP contribution in [0.25, 0.3) is 10.9 Å². The van der Waals surface area contributed by atoms with Crippen LogP contribution < -0.4 is 4.90 Å². The van der Waals surface area contributed by atoms with E-state index in [2.05, 4.69) is 34.1 Å². The molecule has 1 fully saturated rings. The zero-order valence-electron chi connectivity index (χ0n) is 10.7. The summed E-state index contributed by atoms with van der Waals surface area (Å²) in [6, 6.07) is 8.34. The van der Waals surface area contributed by atoms with Gasteiger partial charge in [-0.2, -0.15) is 0 Å². The van der Waals surface area contributed by atoms with Gasteiger partial charge in [0.1, 0.15) is 0 Å². The molecule has 19 heavy (non-hydrogen) atoms. The molecule has 3 rings (SSSR count). The first-order valence-corrected chi connectivity index (χ1v) is 6.49. The number of piperazine rings is 1.